The molecule has 5 rings (SSSR count). The van der Waals surface area contributed by atoms with Gasteiger partial charge in [0.1, 0.15) is 6.61 Å². The van der Waals surface area contributed by atoms with E-state index in [0.29, 0.717) is 35.7 Å². The van der Waals surface area contributed by atoms with Crippen molar-refractivity contribution in [3.63, 3.8) is 0 Å². The van der Waals surface area contributed by atoms with Gasteiger partial charge in [0.2, 0.25) is 5.95 Å². The standard InChI is InChI=1S/C27H25N5O3/c1-17-11-12-24(18(2)15-17)32-25(33)22-9-4-5-10-23(22)28-26(32)30-29-19(3)20-7-6-8-21(16-20)31-13-14-35-27(31)34/h4-12,15-16H,13-14H2,1-3H3,(H,28,30)/b29-19+. The van der Waals surface area contributed by atoms with Crippen LogP contribution in [-0.4, -0.2) is 34.5 Å². The quantitative estimate of drug-likeness (QED) is 0.337. The smallest absolute Gasteiger partial charge is 0.414 e. The van der Waals surface area contributed by atoms with Crippen molar-refractivity contribution in [2.45, 2.75) is 20.8 Å². The predicted molar refractivity (Wildman–Crippen MR) is 138 cm³/mol. The summed E-state index contributed by atoms with van der Waals surface area (Å²) in [6.07, 6.45) is -0.354. The Morgan fingerprint density at radius 2 is 1.86 bits per heavy atom. The number of aromatic nitrogens is 2. The van der Waals surface area contributed by atoms with Gasteiger partial charge in [-0.3, -0.25) is 9.69 Å². The monoisotopic (exact) mass is 467 g/mol. The van der Waals surface area contributed by atoms with Gasteiger partial charge in [0, 0.05) is 5.69 Å². The molecule has 0 atom stereocenters. The highest BCUT2D eigenvalue weighted by atomic mass is 16.6. The van der Waals surface area contributed by atoms with Crippen LogP contribution in [0.1, 0.15) is 23.6 Å². The lowest BCUT2D eigenvalue weighted by molar-refractivity contribution is 0.181. The number of carbonyl (C=O) groups is 1. The van der Waals surface area contributed by atoms with Crippen LogP contribution >= 0.6 is 0 Å². The SMILES string of the molecule is C/C(=N\Nc1nc2ccccc2c(=O)n1-c1ccc(C)cc1C)c1cccc(N2CCOC2=O)c1. The van der Waals surface area contributed by atoms with Gasteiger partial charge in [-0.25, -0.2) is 19.8 Å². The Morgan fingerprint density at radius 1 is 1.03 bits per heavy atom. The van der Waals surface area contributed by atoms with Gasteiger partial charge < -0.3 is 4.74 Å². The molecule has 0 unspecified atom stereocenters. The normalized spacial score (nSPS) is 13.9. The molecule has 0 spiro atoms. The maximum absolute atomic E-state index is 13.5. The molecule has 1 amide bonds. The van der Waals surface area contributed by atoms with Crippen LogP contribution in [0.3, 0.4) is 0 Å². The number of rotatable bonds is 5. The summed E-state index contributed by atoms with van der Waals surface area (Å²) < 4.78 is 6.61. The van der Waals surface area contributed by atoms with Crippen molar-refractivity contribution in [1.29, 1.82) is 0 Å². The van der Waals surface area contributed by atoms with Crippen molar-refractivity contribution in [2.75, 3.05) is 23.5 Å². The van der Waals surface area contributed by atoms with E-state index in [1.54, 1.807) is 15.5 Å². The fraction of sp³-hybridized carbons (Fsp3) is 0.185. The van der Waals surface area contributed by atoms with E-state index in [0.717, 1.165) is 28.1 Å². The first-order valence-electron chi connectivity index (χ1n) is 11.4. The first-order valence-corrected chi connectivity index (χ1v) is 11.4. The Balaban J connectivity index is 1.56. The minimum atomic E-state index is -0.354. The van der Waals surface area contributed by atoms with Gasteiger partial charge in [-0.05, 0) is 62.2 Å². The number of fused-ring (bicyclic) bond motifs is 1. The van der Waals surface area contributed by atoms with Crippen LogP contribution in [0.2, 0.25) is 0 Å². The number of carbonyl (C=O) groups excluding carboxylic acids is 1. The first kappa shape index (κ1) is 22.3. The zero-order valence-electron chi connectivity index (χ0n) is 19.8. The van der Waals surface area contributed by atoms with Crippen molar-refractivity contribution in [2.24, 2.45) is 5.10 Å². The van der Waals surface area contributed by atoms with Crippen LogP contribution in [-0.2, 0) is 4.74 Å². The van der Waals surface area contributed by atoms with Gasteiger partial charge in [-0.2, -0.15) is 5.10 Å². The third-order valence-corrected chi connectivity index (χ3v) is 6.03. The van der Waals surface area contributed by atoms with E-state index in [1.165, 1.54) is 0 Å². The summed E-state index contributed by atoms with van der Waals surface area (Å²) in [5.74, 6) is 0.319. The molecule has 1 aliphatic heterocycles. The minimum Gasteiger partial charge on any atom is -0.447 e. The highest BCUT2D eigenvalue weighted by molar-refractivity contribution is 6.01. The van der Waals surface area contributed by atoms with Crippen LogP contribution in [0, 0.1) is 13.8 Å². The van der Waals surface area contributed by atoms with Crippen LogP contribution in [0.5, 0.6) is 0 Å². The number of nitrogens with zero attached hydrogens (tertiary/aromatic N) is 4. The summed E-state index contributed by atoms with van der Waals surface area (Å²) in [6, 6.07) is 20.7. The molecule has 1 aromatic heterocycles. The number of nitrogens with one attached hydrogen (secondary N) is 1. The molecule has 1 aliphatic rings. The summed E-state index contributed by atoms with van der Waals surface area (Å²) in [6.45, 7) is 6.73. The van der Waals surface area contributed by atoms with Crippen LogP contribution in [0.25, 0.3) is 16.6 Å². The van der Waals surface area contributed by atoms with Gasteiger partial charge >= 0.3 is 6.09 Å². The number of para-hydroxylation sites is 1. The van der Waals surface area contributed by atoms with Crippen molar-refractivity contribution >= 4 is 34.3 Å². The maximum Gasteiger partial charge on any atom is 0.414 e. The molecule has 176 valence electrons. The van der Waals surface area contributed by atoms with E-state index in [4.69, 9.17) is 9.72 Å². The summed E-state index contributed by atoms with van der Waals surface area (Å²) in [7, 11) is 0. The van der Waals surface area contributed by atoms with Crippen molar-refractivity contribution in [1.82, 2.24) is 9.55 Å². The van der Waals surface area contributed by atoms with E-state index in [9.17, 15) is 9.59 Å². The second-order valence-corrected chi connectivity index (χ2v) is 8.51. The summed E-state index contributed by atoms with van der Waals surface area (Å²) in [4.78, 5) is 31.8. The molecule has 3 aromatic carbocycles. The Morgan fingerprint density at radius 3 is 2.63 bits per heavy atom. The number of hydrogen-bond donors (Lipinski definition) is 1. The highest BCUT2D eigenvalue weighted by Gasteiger charge is 2.23. The van der Waals surface area contributed by atoms with Crippen molar-refractivity contribution < 1.29 is 9.53 Å². The van der Waals surface area contributed by atoms with Gasteiger partial charge in [-0.15, -0.1) is 0 Å². The number of ether oxygens (including phenoxy) is 1. The molecule has 4 aromatic rings. The van der Waals surface area contributed by atoms with Crippen molar-refractivity contribution in [3.8, 4) is 5.69 Å². The third kappa shape index (κ3) is 4.26. The van der Waals surface area contributed by atoms with Crippen LogP contribution < -0.4 is 15.9 Å². The van der Waals surface area contributed by atoms with E-state index in [1.807, 2.05) is 81.4 Å². The second-order valence-electron chi connectivity index (χ2n) is 8.51. The Kier molecular flexibility index (Phi) is 5.78. The van der Waals surface area contributed by atoms with Gasteiger partial charge in [-0.1, -0.05) is 42.0 Å². The molecular formula is C27H25N5O3. The van der Waals surface area contributed by atoms with E-state index < -0.39 is 0 Å². The highest BCUT2D eigenvalue weighted by Crippen LogP contribution is 2.22. The van der Waals surface area contributed by atoms with E-state index in [-0.39, 0.29) is 11.7 Å². The second kappa shape index (κ2) is 9.06. The molecule has 2 heterocycles. The fourth-order valence-electron chi connectivity index (χ4n) is 4.21. The number of hydrogen-bond acceptors (Lipinski definition) is 6. The Hall–Kier alpha value is -4.46. The molecule has 0 aliphatic carbocycles. The average molecular weight is 468 g/mol. The number of amides is 1. The molecular weight excluding hydrogens is 442 g/mol. The molecule has 8 nitrogen and oxygen atoms in total. The zero-order valence-corrected chi connectivity index (χ0v) is 19.8. The topological polar surface area (TPSA) is 88.8 Å². The van der Waals surface area contributed by atoms with Gasteiger partial charge in [0.15, 0.2) is 0 Å². The largest absolute Gasteiger partial charge is 0.447 e. The zero-order chi connectivity index (χ0) is 24.5. The van der Waals surface area contributed by atoms with E-state index in [2.05, 4.69) is 10.5 Å². The maximum atomic E-state index is 13.5. The van der Waals surface area contributed by atoms with Gasteiger partial charge in [0.05, 0.1) is 28.8 Å². The third-order valence-electron chi connectivity index (χ3n) is 6.03. The molecule has 8 heteroatoms. The number of cyclic esters (lactones) is 1. The molecule has 35 heavy (non-hydrogen) atoms. The molecule has 1 saturated heterocycles. The van der Waals surface area contributed by atoms with Crippen LogP contribution in [0.15, 0.2) is 76.6 Å². The molecule has 0 saturated carbocycles. The lowest BCUT2D eigenvalue weighted by Crippen LogP contribution is -2.24. The summed E-state index contributed by atoms with van der Waals surface area (Å²) in [5, 5.41) is 5.07. The number of aryl methyl sites for hydroxylation is 2. The van der Waals surface area contributed by atoms with Crippen molar-refractivity contribution in [3.05, 3.63) is 93.8 Å². The summed E-state index contributed by atoms with van der Waals surface area (Å²) in [5.41, 5.74) is 8.49. The number of anilines is 2. The molecule has 1 fully saturated rings. The molecule has 0 radical (unpaired) electrons. The number of hydrazone groups is 1. The minimum absolute atomic E-state index is 0.174. The Labute approximate surface area is 202 Å². The average Bonchev–Trinajstić information content (AvgIpc) is 3.29. The van der Waals surface area contributed by atoms with Crippen LogP contribution in [0.4, 0.5) is 16.4 Å². The van der Waals surface area contributed by atoms with Gasteiger partial charge in [0.25, 0.3) is 5.56 Å². The predicted octanol–water partition coefficient (Wildman–Crippen LogP) is 4.80. The Bertz CT molecular complexity index is 1540. The first-order chi connectivity index (χ1) is 16.9. The molecule has 0 bridgehead atoms. The molecule has 1 N–H and O–H groups in total. The fourth-order valence-corrected chi connectivity index (χ4v) is 4.21. The lowest BCUT2D eigenvalue weighted by Gasteiger charge is -2.16. The number of benzene rings is 3. The lowest BCUT2D eigenvalue weighted by atomic mass is 10.1. The summed E-state index contributed by atoms with van der Waals surface area (Å²) >= 11 is 0. The van der Waals surface area contributed by atoms with E-state index >= 15 is 0 Å².